The molecule has 0 spiro atoms. The van der Waals surface area contributed by atoms with Crippen LogP contribution in [-0.4, -0.2) is 17.5 Å². The van der Waals surface area contributed by atoms with Crippen LogP contribution in [0.15, 0.2) is 82.4 Å². The largest absolute Gasteiger partial charge is 0.494 e. The predicted octanol–water partition coefficient (Wildman–Crippen LogP) is 5.77. The first-order valence-electron chi connectivity index (χ1n) is 9.33. The van der Waals surface area contributed by atoms with E-state index in [1.54, 1.807) is 0 Å². The molecule has 0 aliphatic carbocycles. The van der Waals surface area contributed by atoms with Gasteiger partial charge in [0.05, 0.1) is 6.61 Å². The van der Waals surface area contributed by atoms with Crippen LogP contribution in [0.3, 0.4) is 0 Å². The molecular formula is C23H20N2O3S. The molecule has 1 N–H and O–H groups in total. The number of carbonyl (C=O) groups excluding carboxylic acids is 1. The number of hydrogen-bond donors (Lipinski definition) is 1. The molecule has 0 unspecified atom stereocenters. The molecule has 1 aromatic heterocycles. The van der Waals surface area contributed by atoms with E-state index in [0.717, 1.165) is 28.1 Å². The van der Waals surface area contributed by atoms with Crippen LogP contribution in [-0.2, 0) is 5.75 Å². The van der Waals surface area contributed by atoms with Gasteiger partial charge in [0.15, 0.2) is 5.58 Å². The molecule has 0 fully saturated rings. The van der Waals surface area contributed by atoms with Crippen molar-refractivity contribution < 1.29 is 13.9 Å². The molecule has 1 amide bonds. The topological polar surface area (TPSA) is 64.4 Å². The van der Waals surface area contributed by atoms with Crippen LogP contribution in [0.25, 0.3) is 11.1 Å². The zero-order valence-electron chi connectivity index (χ0n) is 15.9. The maximum Gasteiger partial charge on any atom is 0.257 e. The van der Waals surface area contributed by atoms with Crippen molar-refractivity contribution >= 4 is 34.5 Å². The van der Waals surface area contributed by atoms with E-state index < -0.39 is 0 Å². The third-order valence-corrected chi connectivity index (χ3v) is 5.19. The number of rotatable bonds is 7. The van der Waals surface area contributed by atoms with Gasteiger partial charge < -0.3 is 14.5 Å². The van der Waals surface area contributed by atoms with Gasteiger partial charge in [-0.25, -0.2) is 4.98 Å². The Bertz CT molecular complexity index is 1090. The fraction of sp³-hybridized carbons (Fsp3) is 0.130. The highest BCUT2D eigenvalue weighted by molar-refractivity contribution is 7.98. The van der Waals surface area contributed by atoms with Crippen LogP contribution >= 0.6 is 11.8 Å². The fourth-order valence-corrected chi connectivity index (χ4v) is 3.76. The molecule has 0 atom stereocenters. The lowest BCUT2D eigenvalue weighted by atomic mass is 10.1. The van der Waals surface area contributed by atoms with E-state index in [-0.39, 0.29) is 5.91 Å². The molecule has 146 valence electrons. The monoisotopic (exact) mass is 404 g/mol. The molecule has 0 bridgehead atoms. The van der Waals surface area contributed by atoms with Gasteiger partial charge in [0, 0.05) is 17.0 Å². The summed E-state index contributed by atoms with van der Waals surface area (Å²) in [7, 11) is 0. The van der Waals surface area contributed by atoms with Gasteiger partial charge in [-0.15, -0.1) is 0 Å². The number of nitrogens with one attached hydrogen (secondary N) is 1. The number of aromatic nitrogens is 1. The van der Waals surface area contributed by atoms with Crippen LogP contribution in [0.2, 0.25) is 0 Å². The minimum atomic E-state index is -0.150. The molecule has 6 heteroatoms. The van der Waals surface area contributed by atoms with E-state index in [1.807, 2.05) is 79.7 Å². The fourth-order valence-electron chi connectivity index (χ4n) is 2.92. The minimum absolute atomic E-state index is 0.150. The average Bonchev–Trinajstić information content (AvgIpc) is 3.17. The molecule has 4 rings (SSSR count). The van der Waals surface area contributed by atoms with Crippen molar-refractivity contribution in [2.75, 3.05) is 11.9 Å². The van der Waals surface area contributed by atoms with Crippen LogP contribution in [0.1, 0.15) is 22.8 Å². The number of benzene rings is 3. The van der Waals surface area contributed by atoms with Gasteiger partial charge in [-0.3, -0.25) is 4.79 Å². The molecule has 1 heterocycles. The first-order valence-corrected chi connectivity index (χ1v) is 10.3. The second kappa shape index (κ2) is 8.84. The lowest BCUT2D eigenvalue weighted by molar-refractivity contribution is 0.102. The zero-order chi connectivity index (χ0) is 20.1. The SMILES string of the molecule is CCOc1ccc(NC(=O)c2ccccc2CSc2nc3ccccc3o2)cc1. The van der Waals surface area contributed by atoms with Crippen LogP contribution < -0.4 is 10.1 Å². The van der Waals surface area contributed by atoms with Crippen molar-refractivity contribution in [2.45, 2.75) is 17.9 Å². The quantitative estimate of drug-likeness (QED) is 0.396. The smallest absolute Gasteiger partial charge is 0.257 e. The number of nitrogens with zero attached hydrogens (tertiary/aromatic N) is 1. The second-order valence-corrected chi connectivity index (χ2v) is 7.23. The Morgan fingerprint density at radius 2 is 1.79 bits per heavy atom. The number of oxazole rings is 1. The standard InChI is InChI=1S/C23H20N2O3S/c1-2-27-18-13-11-17(12-14-18)24-22(26)19-8-4-3-7-16(19)15-29-23-25-20-9-5-6-10-21(20)28-23/h3-14H,2,15H2,1H3,(H,24,26). The van der Waals surface area contributed by atoms with Crippen molar-refractivity contribution in [2.24, 2.45) is 0 Å². The number of thioether (sulfide) groups is 1. The maximum absolute atomic E-state index is 12.8. The number of fused-ring (bicyclic) bond motifs is 1. The third kappa shape index (κ3) is 4.60. The number of anilines is 1. The lowest BCUT2D eigenvalue weighted by Crippen LogP contribution is -2.14. The van der Waals surface area contributed by atoms with Crippen molar-refractivity contribution in [1.29, 1.82) is 0 Å². The van der Waals surface area contributed by atoms with E-state index >= 15 is 0 Å². The number of amides is 1. The lowest BCUT2D eigenvalue weighted by Gasteiger charge is -2.10. The molecule has 0 saturated heterocycles. The Hall–Kier alpha value is -3.25. The second-order valence-electron chi connectivity index (χ2n) is 6.30. The zero-order valence-corrected chi connectivity index (χ0v) is 16.7. The third-order valence-electron chi connectivity index (χ3n) is 4.31. The predicted molar refractivity (Wildman–Crippen MR) is 116 cm³/mol. The molecule has 29 heavy (non-hydrogen) atoms. The van der Waals surface area contributed by atoms with Crippen molar-refractivity contribution in [3.8, 4) is 5.75 Å². The van der Waals surface area contributed by atoms with Crippen molar-refractivity contribution in [3.63, 3.8) is 0 Å². The number of carbonyl (C=O) groups is 1. The van der Waals surface area contributed by atoms with Gasteiger partial charge in [0.25, 0.3) is 11.1 Å². The summed E-state index contributed by atoms with van der Waals surface area (Å²) in [5.41, 5.74) is 3.86. The summed E-state index contributed by atoms with van der Waals surface area (Å²) >= 11 is 1.47. The van der Waals surface area contributed by atoms with Crippen molar-refractivity contribution in [1.82, 2.24) is 4.98 Å². The molecular weight excluding hydrogens is 384 g/mol. The van der Waals surface area contributed by atoms with E-state index in [1.165, 1.54) is 11.8 Å². The molecule has 4 aromatic rings. The minimum Gasteiger partial charge on any atom is -0.494 e. The summed E-state index contributed by atoms with van der Waals surface area (Å²) in [5, 5.41) is 3.54. The summed E-state index contributed by atoms with van der Waals surface area (Å²) in [6, 6.07) is 22.6. The van der Waals surface area contributed by atoms with Gasteiger partial charge in [-0.05, 0) is 55.0 Å². The highest BCUT2D eigenvalue weighted by Crippen LogP contribution is 2.27. The average molecular weight is 404 g/mol. The normalized spacial score (nSPS) is 10.8. The summed E-state index contributed by atoms with van der Waals surface area (Å²) in [6.07, 6.45) is 0. The van der Waals surface area contributed by atoms with E-state index in [9.17, 15) is 4.79 Å². The summed E-state index contributed by atoms with van der Waals surface area (Å²) in [6.45, 7) is 2.54. The molecule has 3 aromatic carbocycles. The van der Waals surface area contributed by atoms with Gasteiger partial charge in [-0.1, -0.05) is 42.1 Å². The van der Waals surface area contributed by atoms with Gasteiger partial charge in [-0.2, -0.15) is 0 Å². The molecule has 0 aliphatic rings. The molecule has 5 nitrogen and oxygen atoms in total. The molecule has 0 aliphatic heterocycles. The summed E-state index contributed by atoms with van der Waals surface area (Å²) < 4.78 is 11.2. The summed E-state index contributed by atoms with van der Waals surface area (Å²) in [5.74, 6) is 1.21. The number of ether oxygens (including phenoxy) is 1. The highest BCUT2D eigenvalue weighted by Gasteiger charge is 2.13. The van der Waals surface area contributed by atoms with Crippen molar-refractivity contribution in [3.05, 3.63) is 83.9 Å². The molecule has 0 saturated carbocycles. The highest BCUT2D eigenvalue weighted by atomic mass is 32.2. The van der Waals surface area contributed by atoms with Crippen LogP contribution in [0.4, 0.5) is 5.69 Å². The maximum atomic E-state index is 12.8. The number of para-hydroxylation sites is 2. The number of hydrogen-bond acceptors (Lipinski definition) is 5. The van der Waals surface area contributed by atoms with Gasteiger partial charge >= 0.3 is 0 Å². The first-order chi connectivity index (χ1) is 14.2. The van der Waals surface area contributed by atoms with Crippen LogP contribution in [0.5, 0.6) is 5.75 Å². The Labute approximate surface area is 173 Å². The van der Waals surface area contributed by atoms with Gasteiger partial charge in [0.1, 0.15) is 11.3 Å². The summed E-state index contributed by atoms with van der Waals surface area (Å²) in [4.78, 5) is 17.3. The van der Waals surface area contributed by atoms with E-state index in [0.29, 0.717) is 23.1 Å². The Morgan fingerprint density at radius 3 is 2.59 bits per heavy atom. The Kier molecular flexibility index (Phi) is 5.81. The van der Waals surface area contributed by atoms with Crippen LogP contribution in [0, 0.1) is 0 Å². The Morgan fingerprint density at radius 1 is 1.03 bits per heavy atom. The van der Waals surface area contributed by atoms with Gasteiger partial charge in [0.2, 0.25) is 0 Å². The molecule has 0 radical (unpaired) electrons. The first kappa shape index (κ1) is 19.1. The van der Waals surface area contributed by atoms with E-state index in [4.69, 9.17) is 9.15 Å². The van der Waals surface area contributed by atoms with E-state index in [2.05, 4.69) is 10.3 Å². The Balaban J connectivity index is 1.46.